The van der Waals surface area contributed by atoms with E-state index in [4.69, 9.17) is 10.6 Å². The van der Waals surface area contributed by atoms with Gasteiger partial charge < -0.3 is 4.74 Å². The number of nitrogens with one attached hydrogen (secondary N) is 1. The molecule has 0 radical (unpaired) electrons. The Balaban J connectivity index is 1.68. The highest BCUT2D eigenvalue weighted by atomic mass is 16.5. The van der Waals surface area contributed by atoms with Crippen molar-refractivity contribution >= 4 is 0 Å². The summed E-state index contributed by atoms with van der Waals surface area (Å²) in [4.78, 5) is 0. The van der Waals surface area contributed by atoms with Crippen molar-refractivity contribution in [2.24, 2.45) is 23.6 Å². The molecular formula is C18H28N2O. The lowest BCUT2D eigenvalue weighted by Gasteiger charge is -2.27. The zero-order valence-corrected chi connectivity index (χ0v) is 13.2. The van der Waals surface area contributed by atoms with E-state index < -0.39 is 0 Å². The van der Waals surface area contributed by atoms with Crippen LogP contribution in [0.2, 0.25) is 0 Å². The van der Waals surface area contributed by atoms with E-state index in [2.05, 4.69) is 37.5 Å². The zero-order valence-electron chi connectivity index (χ0n) is 13.2. The Labute approximate surface area is 128 Å². The van der Waals surface area contributed by atoms with Gasteiger partial charge in [-0.15, -0.1) is 0 Å². The van der Waals surface area contributed by atoms with Crippen LogP contribution in [0.5, 0.6) is 5.75 Å². The molecule has 4 unspecified atom stereocenters. The molecule has 1 aromatic carbocycles. The minimum absolute atomic E-state index is 0.204. The third-order valence-corrected chi connectivity index (χ3v) is 5.26. The molecule has 2 bridgehead atoms. The number of hydrazine groups is 1. The van der Waals surface area contributed by atoms with Crippen LogP contribution in [0.25, 0.3) is 0 Å². The summed E-state index contributed by atoms with van der Waals surface area (Å²) >= 11 is 0. The van der Waals surface area contributed by atoms with E-state index in [1.807, 2.05) is 6.07 Å². The Bertz CT molecular complexity index is 474. The minimum atomic E-state index is 0.204. The highest BCUT2D eigenvalue weighted by molar-refractivity contribution is 5.30. The number of hydrogen-bond donors (Lipinski definition) is 2. The SMILES string of the molecule is CC(C)Oc1cccc(C(CC2CC3CCC2C3)NN)c1. The molecule has 2 aliphatic rings. The van der Waals surface area contributed by atoms with Crippen LogP contribution in [0.3, 0.4) is 0 Å². The van der Waals surface area contributed by atoms with Crippen LogP contribution in [0.15, 0.2) is 24.3 Å². The molecule has 1 aromatic rings. The zero-order chi connectivity index (χ0) is 14.8. The molecule has 3 nitrogen and oxygen atoms in total. The van der Waals surface area contributed by atoms with Gasteiger partial charge >= 0.3 is 0 Å². The molecule has 4 atom stereocenters. The molecule has 0 spiro atoms. The summed E-state index contributed by atoms with van der Waals surface area (Å²) in [5.41, 5.74) is 4.28. The maximum Gasteiger partial charge on any atom is 0.120 e. The summed E-state index contributed by atoms with van der Waals surface area (Å²) in [6.07, 6.45) is 7.12. The van der Waals surface area contributed by atoms with Crippen molar-refractivity contribution in [1.82, 2.24) is 5.43 Å². The first-order valence-electron chi connectivity index (χ1n) is 8.38. The molecule has 0 saturated heterocycles. The molecular weight excluding hydrogens is 260 g/mol. The molecule has 0 heterocycles. The Morgan fingerprint density at radius 2 is 2.14 bits per heavy atom. The van der Waals surface area contributed by atoms with Crippen molar-refractivity contribution in [2.75, 3.05) is 0 Å². The number of rotatable bonds is 6. The predicted molar refractivity (Wildman–Crippen MR) is 85.8 cm³/mol. The van der Waals surface area contributed by atoms with Gasteiger partial charge in [0, 0.05) is 6.04 Å². The van der Waals surface area contributed by atoms with E-state index >= 15 is 0 Å². The van der Waals surface area contributed by atoms with Gasteiger partial charge in [-0.1, -0.05) is 18.6 Å². The molecule has 21 heavy (non-hydrogen) atoms. The van der Waals surface area contributed by atoms with E-state index in [1.165, 1.54) is 31.2 Å². The van der Waals surface area contributed by atoms with E-state index in [1.54, 1.807) is 0 Å². The summed E-state index contributed by atoms with van der Waals surface area (Å²) in [6.45, 7) is 4.11. The van der Waals surface area contributed by atoms with E-state index in [0.29, 0.717) is 0 Å². The lowest BCUT2D eigenvalue weighted by Crippen LogP contribution is -2.30. The van der Waals surface area contributed by atoms with Crippen molar-refractivity contribution in [1.29, 1.82) is 0 Å². The van der Waals surface area contributed by atoms with Gasteiger partial charge in [0.1, 0.15) is 5.75 Å². The van der Waals surface area contributed by atoms with E-state index in [9.17, 15) is 0 Å². The Kier molecular flexibility index (Phi) is 4.51. The third kappa shape index (κ3) is 3.41. The Morgan fingerprint density at radius 3 is 2.76 bits per heavy atom. The fraction of sp³-hybridized carbons (Fsp3) is 0.667. The van der Waals surface area contributed by atoms with Gasteiger partial charge in [0.15, 0.2) is 0 Å². The number of benzene rings is 1. The average molecular weight is 288 g/mol. The molecule has 3 N–H and O–H groups in total. The molecule has 0 aromatic heterocycles. The van der Waals surface area contributed by atoms with Crippen molar-refractivity contribution in [3.05, 3.63) is 29.8 Å². The second-order valence-corrected chi connectivity index (χ2v) is 7.13. The maximum atomic E-state index is 5.84. The highest BCUT2D eigenvalue weighted by Crippen LogP contribution is 2.50. The van der Waals surface area contributed by atoms with Crippen molar-refractivity contribution in [3.63, 3.8) is 0 Å². The number of ether oxygens (including phenoxy) is 1. The van der Waals surface area contributed by atoms with Crippen molar-refractivity contribution in [2.45, 2.75) is 58.1 Å². The van der Waals surface area contributed by atoms with Gasteiger partial charge in [-0.05, 0) is 75.0 Å². The normalized spacial score (nSPS) is 29.0. The van der Waals surface area contributed by atoms with Gasteiger partial charge in [-0.25, -0.2) is 0 Å². The number of hydrogen-bond acceptors (Lipinski definition) is 3. The second kappa shape index (κ2) is 6.37. The largest absolute Gasteiger partial charge is 0.491 e. The minimum Gasteiger partial charge on any atom is -0.491 e. The first-order chi connectivity index (χ1) is 10.2. The van der Waals surface area contributed by atoms with Gasteiger partial charge in [0.05, 0.1) is 6.10 Å². The van der Waals surface area contributed by atoms with Crippen LogP contribution in [-0.2, 0) is 0 Å². The van der Waals surface area contributed by atoms with E-state index in [-0.39, 0.29) is 12.1 Å². The van der Waals surface area contributed by atoms with Gasteiger partial charge in [-0.2, -0.15) is 0 Å². The molecule has 116 valence electrons. The molecule has 0 aliphatic heterocycles. The first kappa shape index (κ1) is 14.9. The molecule has 2 aliphatic carbocycles. The number of nitrogens with two attached hydrogens (primary N) is 1. The van der Waals surface area contributed by atoms with Crippen LogP contribution < -0.4 is 16.0 Å². The second-order valence-electron chi connectivity index (χ2n) is 7.13. The summed E-state index contributed by atoms with van der Waals surface area (Å²) in [5.74, 6) is 9.57. The highest BCUT2D eigenvalue weighted by Gasteiger charge is 2.40. The molecule has 3 rings (SSSR count). The number of fused-ring (bicyclic) bond motifs is 2. The quantitative estimate of drug-likeness (QED) is 0.618. The maximum absolute atomic E-state index is 5.84. The summed E-state index contributed by atoms with van der Waals surface area (Å²) in [5, 5.41) is 0. The molecule has 2 saturated carbocycles. The third-order valence-electron chi connectivity index (χ3n) is 5.26. The molecule has 0 amide bonds. The van der Waals surface area contributed by atoms with Crippen molar-refractivity contribution in [3.8, 4) is 5.75 Å². The monoisotopic (exact) mass is 288 g/mol. The Hall–Kier alpha value is -1.06. The molecule has 3 heteroatoms. The van der Waals surface area contributed by atoms with Crippen LogP contribution >= 0.6 is 0 Å². The van der Waals surface area contributed by atoms with Crippen LogP contribution in [0.1, 0.15) is 57.6 Å². The summed E-state index contributed by atoms with van der Waals surface area (Å²) in [7, 11) is 0. The van der Waals surface area contributed by atoms with Crippen LogP contribution in [-0.4, -0.2) is 6.10 Å². The Morgan fingerprint density at radius 1 is 1.29 bits per heavy atom. The lowest BCUT2D eigenvalue weighted by molar-refractivity contribution is 0.241. The van der Waals surface area contributed by atoms with Gasteiger partial charge in [-0.3, -0.25) is 11.3 Å². The standard InChI is InChI=1S/C18H28N2O/c1-12(2)21-17-5-3-4-15(10-17)18(20-19)11-16-9-13-6-7-14(16)8-13/h3-5,10,12-14,16,18,20H,6-9,11,19H2,1-2H3. The lowest BCUT2D eigenvalue weighted by atomic mass is 9.83. The fourth-order valence-corrected chi connectivity index (χ4v) is 4.35. The smallest absolute Gasteiger partial charge is 0.120 e. The van der Waals surface area contributed by atoms with Crippen LogP contribution in [0, 0.1) is 17.8 Å². The fourth-order valence-electron chi connectivity index (χ4n) is 4.35. The summed E-state index contributed by atoms with van der Waals surface area (Å²) in [6, 6.07) is 8.63. The first-order valence-corrected chi connectivity index (χ1v) is 8.38. The summed E-state index contributed by atoms with van der Waals surface area (Å²) < 4.78 is 5.80. The van der Waals surface area contributed by atoms with Crippen molar-refractivity contribution < 1.29 is 4.74 Å². The van der Waals surface area contributed by atoms with E-state index in [0.717, 1.165) is 29.9 Å². The van der Waals surface area contributed by atoms with Crippen LogP contribution in [0.4, 0.5) is 0 Å². The molecule has 2 fully saturated rings. The average Bonchev–Trinajstić information content (AvgIpc) is 3.06. The predicted octanol–water partition coefficient (Wildman–Crippen LogP) is 3.80. The van der Waals surface area contributed by atoms with Gasteiger partial charge in [0.2, 0.25) is 0 Å². The topological polar surface area (TPSA) is 47.3 Å². The van der Waals surface area contributed by atoms with Gasteiger partial charge in [0.25, 0.3) is 0 Å².